The molecule has 1 N–H and O–H groups in total. The van der Waals surface area contributed by atoms with Crippen LogP contribution in [0, 0.1) is 11.7 Å². The number of halogens is 1. The highest BCUT2D eigenvalue weighted by Crippen LogP contribution is 2.34. The molecule has 1 fully saturated rings. The number of hydrogen-bond donors (Lipinski definition) is 1. The van der Waals surface area contributed by atoms with Gasteiger partial charge in [0.25, 0.3) is 0 Å². The first-order valence-electron chi connectivity index (χ1n) is 9.13. The van der Waals surface area contributed by atoms with Crippen LogP contribution in [0.2, 0.25) is 0 Å². The Balaban J connectivity index is 1.73. The second kappa shape index (κ2) is 6.95. The Morgan fingerprint density at radius 2 is 1.93 bits per heavy atom. The van der Waals surface area contributed by atoms with Gasteiger partial charge in [-0.1, -0.05) is 0 Å². The molecule has 0 bridgehead atoms. The van der Waals surface area contributed by atoms with Gasteiger partial charge in [-0.05, 0) is 68.7 Å². The second-order valence-electron chi connectivity index (χ2n) is 7.17. The Morgan fingerprint density at radius 1 is 1.19 bits per heavy atom. The fourth-order valence-electron chi connectivity index (χ4n) is 2.93. The third-order valence-corrected chi connectivity index (χ3v) is 4.65. The van der Waals surface area contributed by atoms with Gasteiger partial charge in [0.05, 0.1) is 0 Å². The highest BCUT2D eigenvalue weighted by molar-refractivity contribution is 5.94. The van der Waals surface area contributed by atoms with E-state index in [4.69, 9.17) is 5.10 Å². The van der Waals surface area contributed by atoms with E-state index in [0.29, 0.717) is 5.82 Å². The summed E-state index contributed by atoms with van der Waals surface area (Å²) in [6.07, 6.45) is 5.55. The maximum Gasteiger partial charge on any atom is 0.228 e. The van der Waals surface area contributed by atoms with Crippen LogP contribution in [-0.2, 0) is 4.79 Å². The summed E-state index contributed by atoms with van der Waals surface area (Å²) in [4.78, 5) is 16.3. The molecule has 138 valence electrons. The van der Waals surface area contributed by atoms with Crippen molar-refractivity contribution in [2.75, 3.05) is 5.32 Å². The van der Waals surface area contributed by atoms with Gasteiger partial charge in [-0.3, -0.25) is 9.48 Å². The molecule has 6 heteroatoms. The zero-order valence-electron chi connectivity index (χ0n) is 15.3. The van der Waals surface area contributed by atoms with Gasteiger partial charge in [-0.2, -0.15) is 5.10 Å². The fourth-order valence-corrected chi connectivity index (χ4v) is 2.93. The molecule has 4 rings (SSSR count). The van der Waals surface area contributed by atoms with Crippen molar-refractivity contribution in [3.8, 4) is 22.4 Å². The average Bonchev–Trinajstić information content (AvgIpc) is 3.41. The standard InChI is InChI=1S/C21H21FN4O/c1-13(2)26-12-18(20(25-26)14-5-7-17(22)8-6-14)16-9-10-23-19(11-16)24-21(27)15-3-4-15/h5-13,15H,3-4H2,1-2H3,(H,23,24,27). The lowest BCUT2D eigenvalue weighted by Gasteiger charge is -2.07. The molecule has 1 saturated carbocycles. The number of nitrogens with one attached hydrogen (secondary N) is 1. The average molecular weight is 364 g/mol. The molecule has 5 nitrogen and oxygen atoms in total. The van der Waals surface area contributed by atoms with E-state index in [9.17, 15) is 9.18 Å². The first-order chi connectivity index (χ1) is 13.0. The van der Waals surface area contributed by atoms with Crippen molar-refractivity contribution in [1.29, 1.82) is 0 Å². The van der Waals surface area contributed by atoms with Gasteiger partial charge < -0.3 is 5.32 Å². The number of benzene rings is 1. The predicted octanol–water partition coefficient (Wildman–Crippen LogP) is 4.68. The number of hydrogen-bond acceptors (Lipinski definition) is 3. The maximum atomic E-state index is 13.3. The molecule has 1 aliphatic carbocycles. The minimum atomic E-state index is -0.280. The van der Waals surface area contributed by atoms with Crippen LogP contribution in [0.1, 0.15) is 32.7 Å². The van der Waals surface area contributed by atoms with E-state index in [1.54, 1.807) is 18.3 Å². The molecule has 2 heterocycles. The molecule has 0 spiro atoms. The molecule has 3 aromatic rings. The summed E-state index contributed by atoms with van der Waals surface area (Å²) in [7, 11) is 0. The SMILES string of the molecule is CC(C)n1cc(-c2ccnc(NC(=O)C3CC3)c2)c(-c2ccc(F)cc2)n1. The Morgan fingerprint density at radius 3 is 2.59 bits per heavy atom. The molecule has 1 aliphatic rings. The van der Waals surface area contributed by atoms with Gasteiger partial charge in [0.15, 0.2) is 0 Å². The highest BCUT2D eigenvalue weighted by Gasteiger charge is 2.29. The van der Waals surface area contributed by atoms with Crippen LogP contribution in [0.3, 0.4) is 0 Å². The summed E-state index contributed by atoms with van der Waals surface area (Å²) < 4.78 is 15.2. The molecule has 0 atom stereocenters. The van der Waals surface area contributed by atoms with Gasteiger partial charge in [0.1, 0.15) is 17.3 Å². The Labute approximate surface area is 157 Å². The predicted molar refractivity (Wildman–Crippen MR) is 103 cm³/mol. The minimum Gasteiger partial charge on any atom is -0.310 e. The number of nitrogens with zero attached hydrogens (tertiary/aromatic N) is 3. The molecule has 0 aliphatic heterocycles. The number of amides is 1. The maximum absolute atomic E-state index is 13.3. The van der Waals surface area contributed by atoms with Crippen LogP contribution < -0.4 is 5.32 Å². The number of carbonyl (C=O) groups is 1. The largest absolute Gasteiger partial charge is 0.310 e. The van der Waals surface area contributed by atoms with Crippen molar-refractivity contribution in [1.82, 2.24) is 14.8 Å². The fraction of sp³-hybridized carbons (Fsp3) is 0.286. The third kappa shape index (κ3) is 3.74. The topological polar surface area (TPSA) is 59.8 Å². The lowest BCUT2D eigenvalue weighted by Crippen LogP contribution is -2.14. The first-order valence-corrected chi connectivity index (χ1v) is 9.13. The van der Waals surface area contributed by atoms with E-state index < -0.39 is 0 Å². The number of pyridine rings is 1. The quantitative estimate of drug-likeness (QED) is 0.715. The monoisotopic (exact) mass is 364 g/mol. The summed E-state index contributed by atoms with van der Waals surface area (Å²) >= 11 is 0. The smallest absolute Gasteiger partial charge is 0.228 e. The molecule has 0 radical (unpaired) electrons. The zero-order valence-corrected chi connectivity index (χ0v) is 15.3. The van der Waals surface area contributed by atoms with Crippen molar-refractivity contribution >= 4 is 11.7 Å². The number of rotatable bonds is 5. The molecule has 1 amide bonds. The van der Waals surface area contributed by atoms with Crippen LogP contribution in [0.15, 0.2) is 48.8 Å². The van der Waals surface area contributed by atoms with E-state index in [0.717, 1.165) is 35.2 Å². The van der Waals surface area contributed by atoms with Gasteiger partial charge in [-0.15, -0.1) is 0 Å². The first kappa shape index (κ1) is 17.4. The molecule has 0 saturated heterocycles. The second-order valence-corrected chi connectivity index (χ2v) is 7.17. The van der Waals surface area contributed by atoms with E-state index in [1.807, 2.05) is 23.0 Å². The molecule has 1 aromatic carbocycles. The van der Waals surface area contributed by atoms with Crippen LogP contribution in [0.5, 0.6) is 0 Å². The number of carbonyl (C=O) groups excluding carboxylic acids is 1. The Hall–Kier alpha value is -3.02. The van der Waals surface area contributed by atoms with E-state index in [2.05, 4.69) is 24.1 Å². The van der Waals surface area contributed by atoms with Gasteiger partial charge >= 0.3 is 0 Å². The molecule has 0 unspecified atom stereocenters. The molecular weight excluding hydrogens is 343 g/mol. The zero-order chi connectivity index (χ0) is 19.0. The van der Waals surface area contributed by atoms with Crippen molar-refractivity contribution in [2.24, 2.45) is 5.92 Å². The summed E-state index contributed by atoms with van der Waals surface area (Å²) in [5.41, 5.74) is 3.43. The summed E-state index contributed by atoms with van der Waals surface area (Å²) in [5.74, 6) is 0.398. The Bertz CT molecular complexity index is 974. The van der Waals surface area contributed by atoms with Crippen molar-refractivity contribution in [2.45, 2.75) is 32.7 Å². The molecule has 27 heavy (non-hydrogen) atoms. The van der Waals surface area contributed by atoms with Crippen LogP contribution in [-0.4, -0.2) is 20.7 Å². The van der Waals surface area contributed by atoms with Crippen LogP contribution in [0.25, 0.3) is 22.4 Å². The number of anilines is 1. The van der Waals surface area contributed by atoms with E-state index >= 15 is 0 Å². The van der Waals surface area contributed by atoms with Gasteiger partial charge in [0, 0.05) is 35.5 Å². The lowest BCUT2D eigenvalue weighted by molar-refractivity contribution is -0.117. The van der Waals surface area contributed by atoms with Crippen LogP contribution >= 0.6 is 0 Å². The molecular formula is C21H21FN4O. The van der Waals surface area contributed by atoms with Crippen molar-refractivity contribution in [3.63, 3.8) is 0 Å². The summed E-state index contributed by atoms with van der Waals surface area (Å²) in [6.45, 7) is 4.11. The molecule has 2 aromatic heterocycles. The van der Waals surface area contributed by atoms with E-state index in [-0.39, 0.29) is 23.7 Å². The van der Waals surface area contributed by atoms with E-state index in [1.165, 1.54) is 12.1 Å². The van der Waals surface area contributed by atoms with Crippen LogP contribution in [0.4, 0.5) is 10.2 Å². The summed E-state index contributed by atoms with van der Waals surface area (Å²) in [5, 5.41) is 7.58. The highest BCUT2D eigenvalue weighted by atomic mass is 19.1. The lowest BCUT2D eigenvalue weighted by atomic mass is 10.0. The van der Waals surface area contributed by atoms with Crippen molar-refractivity contribution < 1.29 is 9.18 Å². The number of aromatic nitrogens is 3. The minimum absolute atomic E-state index is 0.0243. The van der Waals surface area contributed by atoms with Gasteiger partial charge in [-0.25, -0.2) is 9.37 Å². The summed E-state index contributed by atoms with van der Waals surface area (Å²) in [6, 6.07) is 10.2. The van der Waals surface area contributed by atoms with Crippen molar-refractivity contribution in [3.05, 3.63) is 54.6 Å². The third-order valence-electron chi connectivity index (χ3n) is 4.65. The van der Waals surface area contributed by atoms with Gasteiger partial charge in [0.2, 0.25) is 5.91 Å². The Kier molecular flexibility index (Phi) is 4.48. The normalized spacial score (nSPS) is 13.8.